The summed E-state index contributed by atoms with van der Waals surface area (Å²) in [6.45, 7) is 15.6. The molecular weight excluding hydrogens is 1620 g/mol. The molecule has 0 aromatic carbocycles. The van der Waals surface area contributed by atoms with Crippen LogP contribution in [0.15, 0.2) is 103 Å². The quantitative estimate of drug-likeness (QED) is 0.00911. The van der Waals surface area contributed by atoms with Crippen LogP contribution in [-0.2, 0) is 84.5 Å². The van der Waals surface area contributed by atoms with Gasteiger partial charge in [0.2, 0.25) is 23.6 Å². The number of nitrogen functional groups attached to an aromatic ring is 1. The molecule has 8 N–H and O–H groups in total. The summed E-state index contributed by atoms with van der Waals surface area (Å²) < 4.78 is 54.3. The predicted molar refractivity (Wildman–Crippen MR) is 467 cm³/mol. The van der Waals surface area contributed by atoms with Crippen LogP contribution >= 0.6 is 0 Å². The van der Waals surface area contributed by atoms with Crippen LogP contribution in [0.25, 0.3) is 33.3 Å². The molecule has 10 heterocycles. The Bertz CT molecular complexity index is 4710. The van der Waals surface area contributed by atoms with Crippen molar-refractivity contribution >= 4 is 86.9 Å². The molecule has 4 aliphatic heterocycles. The maximum Gasteiger partial charge on any atom is 0.407 e. The highest BCUT2D eigenvalue weighted by molar-refractivity contribution is 6.39. The van der Waals surface area contributed by atoms with Gasteiger partial charge in [-0.25, -0.2) is 49.2 Å². The molecule has 0 radical (unpaired) electrons. The second-order valence-electron chi connectivity index (χ2n) is 33.3. The number of hydrogen-bond donors (Lipinski definition) is 7. The summed E-state index contributed by atoms with van der Waals surface area (Å²) >= 11 is 0. The number of carbonyl (C=O) groups excluding carboxylic acids is 8. The normalized spacial score (nSPS) is 25.7. The number of ether oxygens (including phenoxy) is 9. The highest BCUT2D eigenvalue weighted by atomic mass is 16.6. The van der Waals surface area contributed by atoms with Crippen molar-refractivity contribution in [3.05, 3.63) is 114 Å². The van der Waals surface area contributed by atoms with Crippen LogP contribution in [0.5, 0.6) is 0 Å². The summed E-state index contributed by atoms with van der Waals surface area (Å²) in [7, 11) is 3.12. The summed E-state index contributed by atoms with van der Waals surface area (Å²) in [4.78, 5) is 149. The lowest BCUT2D eigenvalue weighted by molar-refractivity contribution is -0.245. The van der Waals surface area contributed by atoms with Gasteiger partial charge in [0.05, 0.1) is 88.2 Å². The Morgan fingerprint density at radius 3 is 2.13 bits per heavy atom. The Morgan fingerprint density at radius 2 is 1.41 bits per heavy atom. The molecule has 684 valence electrons. The van der Waals surface area contributed by atoms with E-state index in [-0.39, 0.29) is 113 Å². The summed E-state index contributed by atoms with van der Waals surface area (Å²) in [5, 5.41) is 38.2. The number of anilines is 3. The number of unbranched alkanes of at least 4 members (excludes halogenated alkanes) is 1. The number of amides is 4. The second-order valence-corrected chi connectivity index (χ2v) is 33.3. The zero-order valence-corrected chi connectivity index (χ0v) is 73.5. The summed E-state index contributed by atoms with van der Waals surface area (Å²) in [6, 6.07) is 2.77. The third-order valence-electron chi connectivity index (χ3n) is 23.9. The topological polar surface area (TPSA) is 456 Å². The van der Waals surface area contributed by atoms with Gasteiger partial charge in [0.25, 0.3) is 17.6 Å². The van der Waals surface area contributed by atoms with E-state index in [0.29, 0.717) is 194 Å². The number of aliphatic hydroxyl groups excluding tert-OH is 1. The zero-order chi connectivity index (χ0) is 89.5. The number of methoxy groups -OCH3 is 2. The number of aromatic amines is 1. The molecule has 4 fully saturated rings. The van der Waals surface area contributed by atoms with Crippen LogP contribution < -0.4 is 31.5 Å². The van der Waals surface area contributed by atoms with E-state index < -0.39 is 78.1 Å². The lowest BCUT2D eigenvalue weighted by Gasteiger charge is -2.39. The average Bonchev–Trinajstić information content (AvgIpc) is 1.59. The van der Waals surface area contributed by atoms with Gasteiger partial charge < -0.3 is 94.2 Å². The Morgan fingerprint density at radius 1 is 0.698 bits per heavy atom. The van der Waals surface area contributed by atoms with Gasteiger partial charge in [-0.1, -0.05) is 57.2 Å². The highest BCUT2D eigenvalue weighted by Gasteiger charge is 2.50. The number of hydrogen-bond acceptors (Lipinski definition) is 30. The van der Waals surface area contributed by atoms with Crippen molar-refractivity contribution in [1.82, 2.24) is 70.5 Å². The van der Waals surface area contributed by atoms with E-state index in [4.69, 9.17) is 53.5 Å². The monoisotopic (exact) mass is 1750 g/mol. The number of carbonyl (C=O) groups is 8. The van der Waals surface area contributed by atoms with Crippen LogP contribution in [0.1, 0.15) is 166 Å². The number of aliphatic hydroxyl groups is 2. The van der Waals surface area contributed by atoms with Gasteiger partial charge in [-0.2, -0.15) is 5.10 Å². The Hall–Kier alpha value is -10.4. The highest BCUT2D eigenvalue weighted by Crippen LogP contribution is 2.37. The average molecular weight is 1750 g/mol. The fourth-order valence-electron chi connectivity index (χ4n) is 16.5. The van der Waals surface area contributed by atoms with Crippen LogP contribution in [0.2, 0.25) is 0 Å². The van der Waals surface area contributed by atoms with E-state index in [2.05, 4.69) is 55.8 Å². The number of allylic oxidation sites excluding steroid dienone is 6. The number of ketones is 3. The number of H-pyrrole nitrogens is 1. The number of nitrogens with two attached hydrogens (primary N) is 1. The third-order valence-corrected chi connectivity index (χ3v) is 23.9. The number of piperazine rings is 1. The number of piperidine rings is 1. The molecule has 36 heteroatoms. The third kappa shape index (κ3) is 28.0. The van der Waals surface area contributed by atoms with Crippen molar-refractivity contribution in [3.8, 4) is 11.3 Å². The number of pyridine rings is 1. The lowest BCUT2D eigenvalue weighted by Crippen LogP contribution is -2.58. The SMILES string of the molecule is CO[C@H]1CC2CCC[C@@](O)(O2)C(=O)C(=O)N2CCCC[C@H]2C(=O)O[C@H](CC[C@@H]2CC[C@@H](OC(=O)NCc3cnc(N4CCN(c5ncc(C(=O)NCCOCCOCCOCCOCCC(=O)NCCCCn6nc(-c7cnc8[nH]ccc8c7)c7c(N)ncnc76)cn5)CC4)nc3)[C@H](OC)C2)CC(=O)[C@H](C)/C=C(\C)[C@@H](O)CC(=O)[C@H](C)C[C@H](C)/C=C/C=C/C=C/1C. The van der Waals surface area contributed by atoms with E-state index in [9.17, 15) is 48.6 Å². The minimum Gasteiger partial charge on any atom is -0.460 e. The molecule has 0 spiro atoms. The molecule has 6 aromatic heterocycles. The summed E-state index contributed by atoms with van der Waals surface area (Å²) in [6.07, 6.45) is 24.2. The van der Waals surface area contributed by atoms with E-state index in [1.807, 2.05) is 84.0 Å². The van der Waals surface area contributed by atoms with Crippen LogP contribution in [0, 0.1) is 23.7 Å². The van der Waals surface area contributed by atoms with E-state index in [1.54, 1.807) is 52.7 Å². The first-order valence-corrected chi connectivity index (χ1v) is 44.2. The number of rotatable bonds is 32. The molecule has 126 heavy (non-hydrogen) atoms. The van der Waals surface area contributed by atoms with Crippen molar-refractivity contribution in [3.63, 3.8) is 0 Å². The number of cyclic esters (lactones) is 1. The van der Waals surface area contributed by atoms with Crippen molar-refractivity contribution in [2.45, 2.75) is 212 Å². The van der Waals surface area contributed by atoms with Crippen LogP contribution in [0.4, 0.5) is 22.5 Å². The van der Waals surface area contributed by atoms with Gasteiger partial charge in [-0.15, -0.1) is 0 Å². The van der Waals surface area contributed by atoms with E-state index in [0.717, 1.165) is 35.0 Å². The number of nitrogens with zero attached hydrogens (tertiary/aromatic N) is 12. The van der Waals surface area contributed by atoms with Gasteiger partial charge in [0, 0.05) is 171 Å². The molecule has 6 aromatic rings. The van der Waals surface area contributed by atoms with Gasteiger partial charge in [-0.3, -0.25) is 28.8 Å². The Balaban J connectivity index is 0.545. The molecule has 1 unspecified atom stereocenters. The fourth-order valence-corrected chi connectivity index (χ4v) is 16.5. The number of aromatic nitrogens is 10. The van der Waals surface area contributed by atoms with Gasteiger partial charge >= 0.3 is 12.1 Å². The number of fused-ring (bicyclic) bond motifs is 5. The largest absolute Gasteiger partial charge is 0.460 e. The smallest absolute Gasteiger partial charge is 0.407 e. The Kier molecular flexibility index (Phi) is 37.0. The fraction of sp³-hybridized carbons (Fsp3) is 0.600. The number of alkyl carbamates (subject to hydrolysis) is 1. The minimum atomic E-state index is -2.44. The molecule has 11 rings (SSSR count). The second kappa shape index (κ2) is 48.5. The number of nitrogens with one attached hydrogen (secondary N) is 4. The van der Waals surface area contributed by atoms with Crippen molar-refractivity contribution in [1.29, 1.82) is 0 Å². The minimum absolute atomic E-state index is 0.00568. The molecule has 5 aliphatic rings. The maximum atomic E-state index is 14.6. The van der Waals surface area contributed by atoms with Gasteiger partial charge in [0.1, 0.15) is 53.3 Å². The molecule has 12 atom stereocenters. The van der Waals surface area contributed by atoms with Crippen molar-refractivity contribution in [2.24, 2.45) is 23.7 Å². The van der Waals surface area contributed by atoms with Gasteiger partial charge in [0.15, 0.2) is 5.65 Å². The summed E-state index contributed by atoms with van der Waals surface area (Å²) in [5.74, 6) is -5.96. The van der Waals surface area contributed by atoms with Gasteiger partial charge in [-0.05, 0) is 132 Å². The number of aryl methyl sites for hydroxylation is 1. The first kappa shape index (κ1) is 96.2. The Labute approximate surface area is 734 Å². The predicted octanol–water partition coefficient (Wildman–Crippen LogP) is 7.95. The van der Waals surface area contributed by atoms with Crippen LogP contribution in [0.3, 0.4) is 0 Å². The molecule has 2 bridgehead atoms. The molecule has 1 aliphatic carbocycles. The van der Waals surface area contributed by atoms with Crippen molar-refractivity contribution < 1.29 is 91.2 Å². The standard InChI is InChI=1S/C90H125N17O19/c1-58-16-9-8-10-17-59(2)75(118-6)49-69-18-15-26-90(117,126-69)80(112)85(114)106-30-13-11-19-70(106)86(115)124-68(48-71(108)61(4)45-62(5)73(110)50-72(109)60(3)44-58)22-20-63-21-23-74(76(46-63)119-7)125-89(116)100-53-64-51-96-87(97-52-64)104-32-34-105(35-33-104)88-98-55-67(56-99-88)84(113)94-29-37-121-39-41-123-43-42-122-40-38-120-36-25-77(111)92-27-12-14-31-107-83-78(81(91)101-57-102-83)79(103-107)66-47-65-24-28-93-82(65)95-54-66/h8-10,16-17,24,28,45,47,51-52,54-58,60-61,63,68-70,73-76,110,117H,11-15,18-23,25-27,29-44,46,48-50,53H2,1-7H3,(H,92,111)(H,93,95)(H,94,113)(H,100,116)(H2,91,101,102)/b10-8+,16-9+,59-17+,62-45+/t58-,60-,61-,63-,68-,69?,70+,73+,74-,75+,76-,90-/m1/s1. The van der Waals surface area contributed by atoms with Crippen molar-refractivity contribution in [2.75, 3.05) is 128 Å². The molecule has 4 amide bonds. The number of Topliss-reactive ketones (excluding diaryl/α,β-unsaturated/α-hetero) is 3. The lowest BCUT2D eigenvalue weighted by atomic mass is 9.81. The first-order chi connectivity index (χ1) is 60.9. The zero-order valence-electron chi connectivity index (χ0n) is 73.5. The molecule has 36 nitrogen and oxygen atoms in total. The molecule has 3 saturated heterocycles. The maximum absolute atomic E-state index is 14.6. The molecule has 1 saturated carbocycles. The number of esters is 1. The van der Waals surface area contributed by atoms with E-state index in [1.165, 1.54) is 23.6 Å². The molecular formula is C90H125N17O19. The summed E-state index contributed by atoms with van der Waals surface area (Å²) in [5.41, 5.74) is 11.5. The first-order valence-electron chi connectivity index (χ1n) is 44.2. The van der Waals surface area contributed by atoms with E-state index >= 15 is 0 Å². The van der Waals surface area contributed by atoms with Crippen LogP contribution in [-0.4, -0.2) is 273 Å².